The highest BCUT2D eigenvalue weighted by Crippen LogP contribution is 2.32. The van der Waals surface area contributed by atoms with E-state index in [2.05, 4.69) is 10.1 Å². The number of nitrogen functional groups attached to an aromatic ring is 1. The summed E-state index contributed by atoms with van der Waals surface area (Å²) in [6.07, 6.45) is -2.93. The molecule has 2 heterocycles. The maximum atomic E-state index is 13.1. The lowest BCUT2D eigenvalue weighted by Gasteiger charge is -2.12. The molecule has 0 aliphatic carbocycles. The molecule has 8 heteroatoms. The second-order valence-electron chi connectivity index (χ2n) is 4.95. The predicted octanol–water partition coefficient (Wildman–Crippen LogP) is 2.78. The molecule has 0 spiro atoms. The van der Waals surface area contributed by atoms with E-state index < -0.39 is 11.7 Å². The van der Waals surface area contributed by atoms with Crippen LogP contribution in [0.3, 0.4) is 0 Å². The zero-order valence-electron chi connectivity index (χ0n) is 11.8. The highest BCUT2D eigenvalue weighted by Gasteiger charge is 2.33. The number of halogens is 3. The van der Waals surface area contributed by atoms with E-state index in [0.717, 1.165) is 6.07 Å². The van der Waals surface area contributed by atoms with Crippen LogP contribution in [-0.2, 0) is 12.7 Å². The van der Waals surface area contributed by atoms with E-state index in [1.807, 2.05) is 0 Å². The minimum absolute atomic E-state index is 0.0742. The average Bonchev–Trinajstić information content (AvgIpc) is 2.86. The van der Waals surface area contributed by atoms with Gasteiger partial charge in [-0.3, -0.25) is 5.41 Å². The van der Waals surface area contributed by atoms with Crippen LogP contribution in [0.5, 0.6) is 0 Å². The molecular formula is C15H12F3N5. The van der Waals surface area contributed by atoms with Crippen molar-refractivity contribution < 1.29 is 13.2 Å². The number of hydrogen-bond acceptors (Lipinski definition) is 3. The Labute approximate surface area is 129 Å². The summed E-state index contributed by atoms with van der Waals surface area (Å²) in [4.78, 5) is 4.14. The number of benzene rings is 1. The fraction of sp³-hybridized carbons (Fsp3) is 0.133. The molecule has 118 valence electrons. The van der Waals surface area contributed by atoms with Gasteiger partial charge in [0.15, 0.2) is 5.65 Å². The number of nitrogens with zero attached hydrogens (tertiary/aromatic N) is 3. The second kappa shape index (κ2) is 5.38. The van der Waals surface area contributed by atoms with E-state index in [1.165, 1.54) is 29.1 Å². The molecule has 2 aromatic heterocycles. The summed E-state index contributed by atoms with van der Waals surface area (Å²) < 4.78 is 40.6. The minimum Gasteiger partial charge on any atom is -0.382 e. The first kappa shape index (κ1) is 15.0. The third kappa shape index (κ3) is 2.75. The van der Waals surface area contributed by atoms with Crippen molar-refractivity contribution in [2.24, 2.45) is 5.73 Å². The molecule has 0 aliphatic rings. The number of nitrogens with two attached hydrogens (primary N) is 1. The monoisotopic (exact) mass is 319 g/mol. The van der Waals surface area contributed by atoms with Gasteiger partial charge in [-0.2, -0.15) is 18.3 Å². The van der Waals surface area contributed by atoms with Crippen molar-refractivity contribution in [1.29, 1.82) is 5.41 Å². The van der Waals surface area contributed by atoms with Crippen LogP contribution in [0.1, 0.15) is 16.8 Å². The number of alkyl halides is 3. The van der Waals surface area contributed by atoms with Gasteiger partial charge in [0, 0.05) is 6.20 Å². The Morgan fingerprint density at radius 1 is 1.17 bits per heavy atom. The maximum absolute atomic E-state index is 13.1. The molecular weight excluding hydrogens is 307 g/mol. The van der Waals surface area contributed by atoms with Crippen LogP contribution < -0.4 is 5.73 Å². The topological polar surface area (TPSA) is 80.6 Å². The van der Waals surface area contributed by atoms with Gasteiger partial charge in [-0.1, -0.05) is 18.2 Å². The number of hydrogen-bond donors (Lipinski definition) is 2. The first-order valence-electron chi connectivity index (χ1n) is 6.69. The van der Waals surface area contributed by atoms with E-state index >= 15 is 0 Å². The van der Waals surface area contributed by atoms with Gasteiger partial charge in [-0.15, -0.1) is 0 Å². The quantitative estimate of drug-likeness (QED) is 0.575. The number of aromatic nitrogens is 3. The normalized spacial score (nSPS) is 11.8. The van der Waals surface area contributed by atoms with Crippen LogP contribution in [0.2, 0.25) is 0 Å². The zero-order chi connectivity index (χ0) is 16.6. The number of fused-ring (bicyclic) bond motifs is 1. The van der Waals surface area contributed by atoms with Gasteiger partial charge in [-0.25, -0.2) is 9.67 Å². The summed E-state index contributed by atoms with van der Waals surface area (Å²) in [5.41, 5.74) is 5.43. The predicted molar refractivity (Wildman–Crippen MR) is 79.1 cm³/mol. The fourth-order valence-corrected chi connectivity index (χ4v) is 2.41. The van der Waals surface area contributed by atoms with Crippen LogP contribution in [-0.4, -0.2) is 20.6 Å². The van der Waals surface area contributed by atoms with E-state index in [-0.39, 0.29) is 23.6 Å². The molecule has 0 aliphatic heterocycles. The first-order chi connectivity index (χ1) is 10.9. The summed E-state index contributed by atoms with van der Waals surface area (Å²) in [5, 5.41) is 12.2. The molecule has 0 fully saturated rings. The van der Waals surface area contributed by atoms with Crippen LogP contribution in [0.15, 0.2) is 42.6 Å². The summed E-state index contributed by atoms with van der Waals surface area (Å²) in [7, 11) is 0. The number of rotatable bonds is 3. The van der Waals surface area contributed by atoms with Crippen LogP contribution >= 0.6 is 0 Å². The van der Waals surface area contributed by atoms with Gasteiger partial charge in [-0.05, 0) is 23.8 Å². The van der Waals surface area contributed by atoms with Gasteiger partial charge in [0.1, 0.15) is 11.5 Å². The minimum atomic E-state index is -4.45. The number of amidine groups is 1. The van der Waals surface area contributed by atoms with Crippen LogP contribution in [0, 0.1) is 5.41 Å². The Morgan fingerprint density at radius 2 is 1.91 bits per heavy atom. The Hall–Kier alpha value is -2.90. The molecule has 23 heavy (non-hydrogen) atoms. The maximum Gasteiger partial charge on any atom is 0.416 e. The average molecular weight is 319 g/mol. The smallest absolute Gasteiger partial charge is 0.382 e. The fourth-order valence-electron chi connectivity index (χ4n) is 2.41. The SMILES string of the molecule is N=C(N)c1nn(Cc2ccccc2C(F)(F)F)c2ncccc12. The van der Waals surface area contributed by atoms with Gasteiger partial charge in [0.05, 0.1) is 17.5 Å². The molecule has 0 saturated heterocycles. The van der Waals surface area contributed by atoms with Crippen molar-refractivity contribution in [3.05, 3.63) is 59.4 Å². The van der Waals surface area contributed by atoms with Gasteiger partial charge in [0.2, 0.25) is 0 Å². The number of nitrogens with one attached hydrogen (secondary N) is 1. The summed E-state index contributed by atoms with van der Waals surface area (Å²) in [6.45, 7) is -0.115. The van der Waals surface area contributed by atoms with Crippen LogP contribution in [0.25, 0.3) is 11.0 Å². The van der Waals surface area contributed by atoms with Crippen molar-refractivity contribution >= 4 is 16.9 Å². The van der Waals surface area contributed by atoms with Gasteiger partial charge < -0.3 is 5.73 Å². The van der Waals surface area contributed by atoms with Crippen LogP contribution in [0.4, 0.5) is 13.2 Å². The molecule has 5 nitrogen and oxygen atoms in total. The Kier molecular flexibility index (Phi) is 3.51. The molecule has 0 bridgehead atoms. The summed E-state index contributed by atoms with van der Waals surface area (Å²) >= 11 is 0. The highest BCUT2D eigenvalue weighted by atomic mass is 19.4. The molecule has 0 atom stereocenters. The molecule has 0 radical (unpaired) electrons. The number of pyridine rings is 1. The molecule has 3 rings (SSSR count). The van der Waals surface area contributed by atoms with E-state index in [4.69, 9.17) is 11.1 Å². The molecule has 3 aromatic rings. The Morgan fingerprint density at radius 3 is 2.61 bits per heavy atom. The lowest BCUT2D eigenvalue weighted by atomic mass is 10.1. The van der Waals surface area contributed by atoms with Crippen molar-refractivity contribution in [3.8, 4) is 0 Å². The van der Waals surface area contributed by atoms with Gasteiger partial charge >= 0.3 is 6.18 Å². The lowest BCUT2D eigenvalue weighted by molar-refractivity contribution is -0.138. The second-order valence-corrected chi connectivity index (χ2v) is 4.95. The summed E-state index contributed by atoms with van der Waals surface area (Å²) in [6, 6.07) is 8.64. The Bertz CT molecular complexity index is 882. The van der Waals surface area contributed by atoms with Crippen molar-refractivity contribution in [1.82, 2.24) is 14.8 Å². The van der Waals surface area contributed by atoms with E-state index in [9.17, 15) is 13.2 Å². The summed E-state index contributed by atoms with van der Waals surface area (Å²) in [5.74, 6) is -0.258. The largest absolute Gasteiger partial charge is 0.416 e. The molecule has 3 N–H and O–H groups in total. The molecule has 0 amide bonds. The molecule has 1 aromatic carbocycles. The third-order valence-corrected chi connectivity index (χ3v) is 3.40. The Balaban J connectivity index is 2.12. The molecule has 0 saturated carbocycles. The van der Waals surface area contributed by atoms with E-state index in [0.29, 0.717) is 11.0 Å². The van der Waals surface area contributed by atoms with Crippen molar-refractivity contribution in [3.63, 3.8) is 0 Å². The highest BCUT2D eigenvalue weighted by molar-refractivity contribution is 6.04. The first-order valence-corrected chi connectivity index (χ1v) is 6.69. The van der Waals surface area contributed by atoms with E-state index in [1.54, 1.807) is 12.1 Å². The van der Waals surface area contributed by atoms with Crippen molar-refractivity contribution in [2.45, 2.75) is 12.7 Å². The standard InChI is InChI=1S/C15H12F3N5/c16-15(17,18)11-6-2-1-4-9(11)8-23-14-10(5-3-7-21-14)12(22-23)13(19)20/h1-7H,8H2,(H3,19,20). The molecule has 0 unspecified atom stereocenters. The third-order valence-electron chi connectivity index (χ3n) is 3.40. The van der Waals surface area contributed by atoms with Crippen molar-refractivity contribution in [2.75, 3.05) is 0 Å². The lowest BCUT2D eigenvalue weighted by Crippen LogP contribution is -2.15. The van der Waals surface area contributed by atoms with Gasteiger partial charge in [0.25, 0.3) is 0 Å². The zero-order valence-corrected chi connectivity index (χ0v) is 11.8.